The SMILES string of the molecule is OC[C@@H]1C[C@H](O)[C@@H](O)[C@H](c2ccc(Cl)c(Cc3ccc(O[C@@H]4CCOC4)cc3)c2)O1. The van der Waals surface area contributed by atoms with E-state index in [1.807, 2.05) is 30.3 Å². The van der Waals surface area contributed by atoms with E-state index in [1.54, 1.807) is 12.1 Å². The minimum Gasteiger partial charge on any atom is -0.488 e. The van der Waals surface area contributed by atoms with Gasteiger partial charge >= 0.3 is 0 Å². The van der Waals surface area contributed by atoms with Crippen LogP contribution in [-0.4, -0.2) is 59.6 Å². The molecule has 2 saturated heterocycles. The largest absolute Gasteiger partial charge is 0.488 e. The molecule has 0 spiro atoms. The van der Waals surface area contributed by atoms with Gasteiger partial charge in [-0.05, 0) is 41.3 Å². The molecule has 162 valence electrons. The summed E-state index contributed by atoms with van der Waals surface area (Å²) in [5.74, 6) is 0.817. The second-order valence-electron chi connectivity index (χ2n) is 7.93. The fraction of sp³-hybridized carbons (Fsp3) is 0.478. The summed E-state index contributed by atoms with van der Waals surface area (Å²) in [6.07, 6.45) is -1.40. The number of aliphatic hydroxyl groups is 3. The predicted octanol–water partition coefficient (Wildman–Crippen LogP) is 2.64. The minimum atomic E-state index is -1.06. The van der Waals surface area contributed by atoms with Crippen molar-refractivity contribution in [3.63, 3.8) is 0 Å². The van der Waals surface area contributed by atoms with Gasteiger partial charge in [0.15, 0.2) is 0 Å². The first-order valence-corrected chi connectivity index (χ1v) is 10.7. The minimum absolute atomic E-state index is 0.113. The van der Waals surface area contributed by atoms with E-state index in [2.05, 4.69) is 0 Å². The predicted molar refractivity (Wildman–Crippen MR) is 112 cm³/mol. The molecule has 0 aromatic heterocycles. The third kappa shape index (κ3) is 4.97. The maximum atomic E-state index is 10.4. The van der Waals surface area contributed by atoms with Crippen LogP contribution in [0.4, 0.5) is 0 Å². The van der Waals surface area contributed by atoms with Gasteiger partial charge in [0.1, 0.15) is 24.1 Å². The Morgan fingerprint density at radius 2 is 1.90 bits per heavy atom. The Bertz CT molecular complexity index is 836. The van der Waals surface area contributed by atoms with Crippen LogP contribution in [0.1, 0.15) is 35.6 Å². The van der Waals surface area contributed by atoms with Gasteiger partial charge in [-0.3, -0.25) is 0 Å². The Kier molecular flexibility index (Phi) is 6.93. The van der Waals surface area contributed by atoms with Gasteiger partial charge in [0, 0.05) is 17.9 Å². The summed E-state index contributed by atoms with van der Waals surface area (Å²) in [5.41, 5.74) is 2.69. The van der Waals surface area contributed by atoms with Crippen LogP contribution in [-0.2, 0) is 15.9 Å². The second kappa shape index (κ2) is 9.64. The third-order valence-corrected chi connectivity index (χ3v) is 6.03. The number of halogens is 1. The van der Waals surface area contributed by atoms with Crippen LogP contribution in [0.25, 0.3) is 0 Å². The lowest BCUT2D eigenvalue weighted by atomic mass is 9.91. The van der Waals surface area contributed by atoms with E-state index in [9.17, 15) is 15.3 Å². The Balaban J connectivity index is 1.48. The number of hydrogen-bond donors (Lipinski definition) is 3. The first-order chi connectivity index (χ1) is 14.5. The lowest BCUT2D eigenvalue weighted by Gasteiger charge is -2.37. The maximum absolute atomic E-state index is 10.4. The summed E-state index contributed by atoms with van der Waals surface area (Å²) >= 11 is 6.42. The molecule has 0 amide bonds. The van der Waals surface area contributed by atoms with Crippen molar-refractivity contribution in [2.45, 2.75) is 49.8 Å². The molecule has 2 aromatic rings. The van der Waals surface area contributed by atoms with Crippen LogP contribution in [0.2, 0.25) is 5.02 Å². The van der Waals surface area contributed by atoms with E-state index in [4.69, 9.17) is 25.8 Å². The highest BCUT2D eigenvalue weighted by Crippen LogP contribution is 2.34. The highest BCUT2D eigenvalue weighted by atomic mass is 35.5. The Hall–Kier alpha value is -1.67. The molecule has 0 radical (unpaired) electrons. The van der Waals surface area contributed by atoms with Gasteiger partial charge in [0.2, 0.25) is 0 Å². The maximum Gasteiger partial charge on any atom is 0.124 e. The molecule has 5 atom stereocenters. The highest BCUT2D eigenvalue weighted by molar-refractivity contribution is 6.31. The van der Waals surface area contributed by atoms with Crippen molar-refractivity contribution < 1.29 is 29.5 Å². The van der Waals surface area contributed by atoms with Crippen LogP contribution in [0.3, 0.4) is 0 Å². The van der Waals surface area contributed by atoms with Gasteiger partial charge in [-0.1, -0.05) is 35.9 Å². The van der Waals surface area contributed by atoms with Crippen LogP contribution in [0.15, 0.2) is 42.5 Å². The first-order valence-electron chi connectivity index (χ1n) is 10.3. The lowest BCUT2D eigenvalue weighted by Crippen LogP contribution is -2.44. The van der Waals surface area contributed by atoms with E-state index in [-0.39, 0.29) is 19.1 Å². The Morgan fingerprint density at radius 3 is 2.60 bits per heavy atom. The molecule has 30 heavy (non-hydrogen) atoms. The molecule has 2 fully saturated rings. The average Bonchev–Trinajstić information content (AvgIpc) is 3.26. The molecule has 7 heteroatoms. The van der Waals surface area contributed by atoms with E-state index in [1.165, 1.54) is 0 Å². The lowest BCUT2D eigenvalue weighted by molar-refractivity contribution is -0.179. The molecular formula is C23H27ClO6. The van der Waals surface area contributed by atoms with Crippen LogP contribution in [0, 0.1) is 0 Å². The standard InChI is InChI=1S/C23H27ClO6/c24-20-6-3-15(23-22(27)21(26)11-19(12-25)30-23)10-16(20)9-14-1-4-17(5-2-14)29-18-7-8-28-13-18/h1-6,10,18-19,21-23,25-27H,7-9,11-13H2/t18-,19+,21+,22-,23+/m1/s1. The Morgan fingerprint density at radius 1 is 1.10 bits per heavy atom. The molecule has 0 unspecified atom stereocenters. The third-order valence-electron chi connectivity index (χ3n) is 5.66. The Labute approximate surface area is 181 Å². The van der Waals surface area contributed by atoms with Crippen molar-refractivity contribution in [1.29, 1.82) is 0 Å². The van der Waals surface area contributed by atoms with E-state index >= 15 is 0 Å². The molecule has 2 aromatic carbocycles. The fourth-order valence-electron chi connectivity index (χ4n) is 3.96. The monoisotopic (exact) mass is 434 g/mol. The number of benzene rings is 2. The van der Waals surface area contributed by atoms with Crippen molar-refractivity contribution in [2.24, 2.45) is 0 Å². The molecule has 0 aliphatic carbocycles. The molecule has 2 aliphatic heterocycles. The molecule has 4 rings (SSSR count). The van der Waals surface area contributed by atoms with Gasteiger partial charge in [-0.15, -0.1) is 0 Å². The van der Waals surface area contributed by atoms with E-state index in [0.29, 0.717) is 18.1 Å². The van der Waals surface area contributed by atoms with Crippen LogP contribution < -0.4 is 4.74 Å². The molecule has 6 nitrogen and oxygen atoms in total. The quantitative estimate of drug-likeness (QED) is 0.647. The summed E-state index contributed by atoms with van der Waals surface area (Å²) < 4.78 is 17.0. The van der Waals surface area contributed by atoms with Gasteiger partial charge in [0.25, 0.3) is 0 Å². The molecule has 2 heterocycles. The first kappa shape index (κ1) is 21.6. The topological polar surface area (TPSA) is 88.4 Å². The molecule has 3 N–H and O–H groups in total. The van der Waals surface area contributed by atoms with E-state index < -0.39 is 24.4 Å². The number of aliphatic hydroxyl groups excluding tert-OH is 3. The smallest absolute Gasteiger partial charge is 0.124 e. The molecule has 2 aliphatic rings. The van der Waals surface area contributed by atoms with Crippen molar-refractivity contribution in [3.05, 3.63) is 64.2 Å². The summed E-state index contributed by atoms with van der Waals surface area (Å²) in [6, 6.07) is 13.4. The zero-order valence-corrected chi connectivity index (χ0v) is 17.4. The second-order valence-corrected chi connectivity index (χ2v) is 8.34. The van der Waals surface area contributed by atoms with Crippen molar-refractivity contribution in [2.75, 3.05) is 19.8 Å². The summed E-state index contributed by atoms with van der Waals surface area (Å²) in [4.78, 5) is 0. The molecule has 0 saturated carbocycles. The van der Waals surface area contributed by atoms with Crippen LogP contribution >= 0.6 is 11.6 Å². The average molecular weight is 435 g/mol. The number of ether oxygens (including phenoxy) is 3. The number of hydrogen-bond acceptors (Lipinski definition) is 6. The fourth-order valence-corrected chi connectivity index (χ4v) is 4.14. The van der Waals surface area contributed by atoms with Crippen LogP contribution in [0.5, 0.6) is 5.75 Å². The normalized spacial score (nSPS) is 29.1. The van der Waals surface area contributed by atoms with Gasteiger partial charge in [0.05, 0.1) is 32.0 Å². The summed E-state index contributed by atoms with van der Waals surface area (Å²) in [6.45, 7) is 1.17. The molecular weight excluding hydrogens is 408 g/mol. The number of rotatable bonds is 6. The van der Waals surface area contributed by atoms with Gasteiger partial charge < -0.3 is 29.5 Å². The summed E-state index contributed by atoms with van der Waals surface area (Å²) in [5, 5.41) is 30.5. The zero-order valence-electron chi connectivity index (χ0n) is 16.6. The molecule has 0 bridgehead atoms. The van der Waals surface area contributed by atoms with Gasteiger partial charge in [-0.2, -0.15) is 0 Å². The van der Waals surface area contributed by atoms with Crippen molar-refractivity contribution in [1.82, 2.24) is 0 Å². The van der Waals surface area contributed by atoms with Crippen molar-refractivity contribution >= 4 is 11.6 Å². The van der Waals surface area contributed by atoms with Crippen molar-refractivity contribution in [3.8, 4) is 5.75 Å². The van der Waals surface area contributed by atoms with Gasteiger partial charge in [-0.25, -0.2) is 0 Å². The highest BCUT2D eigenvalue weighted by Gasteiger charge is 2.37. The summed E-state index contributed by atoms with van der Waals surface area (Å²) in [7, 11) is 0. The zero-order chi connectivity index (χ0) is 21.1. The van der Waals surface area contributed by atoms with E-state index in [0.717, 1.165) is 35.5 Å².